The molecular weight excluding hydrogens is 334 g/mol. The van der Waals surface area contributed by atoms with E-state index in [9.17, 15) is 4.39 Å². The molecule has 0 amide bonds. The summed E-state index contributed by atoms with van der Waals surface area (Å²) in [6.07, 6.45) is 0.889. The fourth-order valence-corrected chi connectivity index (χ4v) is 3.32. The fraction of sp³-hybridized carbons (Fsp3) is 0.526. The molecule has 138 valence electrons. The maximum Gasteiger partial charge on any atom is 0.502 e. The number of nitrogens with zero attached hydrogens (tertiary/aromatic N) is 2. The van der Waals surface area contributed by atoms with Crippen molar-refractivity contribution in [2.45, 2.75) is 58.3 Å². The summed E-state index contributed by atoms with van der Waals surface area (Å²) in [5.41, 5.74) is 1.38. The zero-order chi connectivity index (χ0) is 18.7. The summed E-state index contributed by atoms with van der Waals surface area (Å²) >= 11 is 0. The summed E-state index contributed by atoms with van der Waals surface area (Å²) in [4.78, 5) is 0. The van der Waals surface area contributed by atoms with Crippen molar-refractivity contribution in [3.8, 4) is 17.1 Å². The van der Waals surface area contributed by atoms with Crippen LogP contribution in [-0.4, -0.2) is 34.7 Å². The Labute approximate surface area is 153 Å². The zero-order valence-electron chi connectivity index (χ0n) is 15.9. The van der Waals surface area contributed by atoms with Crippen LogP contribution in [0.1, 0.15) is 47.1 Å². The number of aromatic nitrogens is 2. The molecule has 1 fully saturated rings. The Balaban J connectivity index is 1.86. The lowest BCUT2D eigenvalue weighted by atomic mass is 9.77. The lowest BCUT2D eigenvalue weighted by molar-refractivity contribution is 0.00578. The smallest absolute Gasteiger partial charge is 0.478 e. The van der Waals surface area contributed by atoms with Gasteiger partial charge in [-0.25, -0.2) is 9.07 Å². The minimum Gasteiger partial charge on any atom is -0.478 e. The van der Waals surface area contributed by atoms with Crippen molar-refractivity contribution >= 4 is 12.6 Å². The lowest BCUT2D eigenvalue weighted by Gasteiger charge is -2.32. The Morgan fingerprint density at radius 2 is 1.73 bits per heavy atom. The van der Waals surface area contributed by atoms with Gasteiger partial charge in [0, 0.05) is 12.0 Å². The minimum atomic E-state index is -0.589. The molecule has 1 aromatic heterocycles. The van der Waals surface area contributed by atoms with E-state index in [1.54, 1.807) is 12.1 Å². The van der Waals surface area contributed by atoms with Crippen LogP contribution < -0.4 is 10.2 Å². The number of hydrogen-bond donors (Lipinski definition) is 0. The average Bonchev–Trinajstić information content (AvgIpc) is 3.04. The van der Waals surface area contributed by atoms with E-state index >= 15 is 0 Å². The number of benzene rings is 1. The van der Waals surface area contributed by atoms with Gasteiger partial charge in [-0.3, -0.25) is 0 Å². The molecule has 2 aliphatic heterocycles. The van der Waals surface area contributed by atoms with E-state index in [1.165, 1.54) is 12.1 Å². The highest BCUT2D eigenvalue weighted by atomic mass is 19.1. The van der Waals surface area contributed by atoms with Crippen molar-refractivity contribution in [1.82, 2.24) is 9.78 Å². The van der Waals surface area contributed by atoms with Gasteiger partial charge < -0.3 is 14.0 Å². The van der Waals surface area contributed by atoms with Crippen LogP contribution in [0.2, 0.25) is 0 Å². The van der Waals surface area contributed by atoms with E-state index in [-0.39, 0.29) is 11.9 Å². The first-order valence-electron chi connectivity index (χ1n) is 9.06. The van der Waals surface area contributed by atoms with Crippen LogP contribution in [0.5, 0.6) is 5.88 Å². The van der Waals surface area contributed by atoms with Crippen LogP contribution >= 0.6 is 0 Å². The van der Waals surface area contributed by atoms with Crippen molar-refractivity contribution in [2.75, 3.05) is 6.61 Å². The van der Waals surface area contributed by atoms with Gasteiger partial charge >= 0.3 is 7.12 Å². The van der Waals surface area contributed by atoms with Gasteiger partial charge in [-0.1, -0.05) is 0 Å². The molecule has 0 spiro atoms. The molecule has 0 bridgehead atoms. The number of ether oxygens (including phenoxy) is 1. The Bertz CT molecular complexity index is 816. The van der Waals surface area contributed by atoms with Crippen molar-refractivity contribution in [3.63, 3.8) is 0 Å². The third-order valence-corrected chi connectivity index (χ3v) is 5.70. The van der Waals surface area contributed by atoms with E-state index in [0.29, 0.717) is 18.2 Å². The molecule has 0 radical (unpaired) electrons. The van der Waals surface area contributed by atoms with Gasteiger partial charge in [-0.2, -0.15) is 5.10 Å². The average molecular weight is 358 g/mol. The molecule has 5 nitrogen and oxygen atoms in total. The first-order chi connectivity index (χ1) is 12.2. The zero-order valence-corrected chi connectivity index (χ0v) is 15.9. The fourth-order valence-electron chi connectivity index (χ4n) is 3.32. The van der Waals surface area contributed by atoms with Gasteiger partial charge in [0.15, 0.2) is 0 Å². The third-order valence-electron chi connectivity index (χ3n) is 5.70. The summed E-state index contributed by atoms with van der Waals surface area (Å²) < 4.78 is 33.8. The predicted molar refractivity (Wildman–Crippen MR) is 98.2 cm³/mol. The minimum absolute atomic E-state index is 0.217. The summed E-state index contributed by atoms with van der Waals surface area (Å²) in [5, 5.41) is 4.78. The molecule has 26 heavy (non-hydrogen) atoms. The lowest BCUT2D eigenvalue weighted by Crippen LogP contribution is -2.41. The van der Waals surface area contributed by atoms with E-state index in [1.807, 2.05) is 32.4 Å². The van der Waals surface area contributed by atoms with Crippen LogP contribution in [0.25, 0.3) is 11.3 Å². The summed E-state index contributed by atoms with van der Waals surface area (Å²) in [6.45, 7) is 10.8. The third kappa shape index (κ3) is 2.65. The number of halogens is 1. The normalized spacial score (nSPS) is 23.6. The topological polar surface area (TPSA) is 45.5 Å². The number of hydrogen-bond acceptors (Lipinski definition) is 4. The molecule has 2 aromatic rings. The monoisotopic (exact) mass is 358 g/mol. The Morgan fingerprint density at radius 3 is 2.35 bits per heavy atom. The molecule has 1 aromatic carbocycles. The number of rotatable bonds is 2. The van der Waals surface area contributed by atoms with Crippen LogP contribution in [-0.2, 0) is 9.31 Å². The maximum atomic E-state index is 13.4. The van der Waals surface area contributed by atoms with Crippen LogP contribution in [0.3, 0.4) is 0 Å². The molecule has 1 atom stereocenters. The summed E-state index contributed by atoms with van der Waals surface area (Å²) in [6, 6.07) is 6.54. The first kappa shape index (κ1) is 17.6. The van der Waals surface area contributed by atoms with Crippen molar-refractivity contribution in [1.29, 1.82) is 0 Å². The second kappa shape index (κ2) is 5.82. The SMILES string of the molecule is CC1CCOc2c(B3OC(C)(C)C(C)(C)O3)c(-c3ccc(F)cc3)nn21. The molecule has 2 aliphatic rings. The van der Waals surface area contributed by atoms with E-state index in [4.69, 9.17) is 19.1 Å². The molecule has 1 unspecified atom stereocenters. The van der Waals surface area contributed by atoms with Crippen LogP contribution in [0.15, 0.2) is 24.3 Å². The van der Waals surface area contributed by atoms with Crippen molar-refractivity contribution in [3.05, 3.63) is 30.1 Å². The van der Waals surface area contributed by atoms with Gasteiger partial charge in [0.1, 0.15) is 5.82 Å². The largest absolute Gasteiger partial charge is 0.502 e. The van der Waals surface area contributed by atoms with Crippen LogP contribution in [0.4, 0.5) is 4.39 Å². The van der Waals surface area contributed by atoms with Gasteiger partial charge in [-0.05, 0) is 58.9 Å². The van der Waals surface area contributed by atoms with E-state index < -0.39 is 18.3 Å². The van der Waals surface area contributed by atoms with Gasteiger partial charge in [0.05, 0.1) is 35.0 Å². The molecule has 0 aliphatic carbocycles. The Kier molecular flexibility index (Phi) is 3.93. The first-order valence-corrected chi connectivity index (χ1v) is 9.06. The Hall–Kier alpha value is -1.86. The second-order valence-electron chi connectivity index (χ2n) is 8.09. The van der Waals surface area contributed by atoms with Gasteiger partial charge in [-0.15, -0.1) is 0 Å². The highest BCUT2D eigenvalue weighted by Crippen LogP contribution is 2.39. The summed E-state index contributed by atoms with van der Waals surface area (Å²) in [7, 11) is -0.589. The predicted octanol–water partition coefficient (Wildman–Crippen LogP) is 3.33. The maximum absolute atomic E-state index is 13.4. The quantitative estimate of drug-likeness (QED) is 0.773. The molecule has 7 heteroatoms. The van der Waals surface area contributed by atoms with E-state index in [0.717, 1.165) is 17.4 Å². The molecule has 0 saturated carbocycles. The highest BCUT2D eigenvalue weighted by molar-refractivity contribution is 6.64. The van der Waals surface area contributed by atoms with Crippen LogP contribution in [0, 0.1) is 5.82 Å². The summed E-state index contributed by atoms with van der Waals surface area (Å²) in [5.74, 6) is 0.404. The molecule has 4 rings (SSSR count). The van der Waals surface area contributed by atoms with Crippen molar-refractivity contribution in [2.24, 2.45) is 0 Å². The Morgan fingerprint density at radius 1 is 1.12 bits per heavy atom. The molecule has 3 heterocycles. The molecular formula is C19H24BFN2O3. The highest BCUT2D eigenvalue weighted by Gasteiger charge is 2.54. The molecule has 1 saturated heterocycles. The molecule has 0 N–H and O–H groups in total. The van der Waals surface area contributed by atoms with E-state index in [2.05, 4.69) is 6.92 Å². The van der Waals surface area contributed by atoms with Gasteiger partial charge in [0.25, 0.3) is 0 Å². The second-order valence-corrected chi connectivity index (χ2v) is 8.09. The standard InChI is InChI=1S/C19H24BFN2O3/c1-12-10-11-24-17-15(20-25-18(2,3)19(4,5)26-20)16(22-23(12)17)13-6-8-14(21)9-7-13/h6-9,12H,10-11H2,1-5H3. The number of fused-ring (bicyclic) bond motifs is 1. The van der Waals surface area contributed by atoms with Crippen molar-refractivity contribution < 1.29 is 18.4 Å². The van der Waals surface area contributed by atoms with Gasteiger partial charge in [0.2, 0.25) is 5.88 Å².